The van der Waals surface area contributed by atoms with E-state index in [-0.39, 0.29) is 11.3 Å². The summed E-state index contributed by atoms with van der Waals surface area (Å²) in [7, 11) is 1.50. The monoisotopic (exact) mass is 490 g/mol. The molecule has 2 aromatic heterocycles. The van der Waals surface area contributed by atoms with Crippen molar-refractivity contribution in [3.8, 4) is 29.0 Å². The largest absolute Gasteiger partial charge is 0.504 e. The number of hydrogen-bond donors (Lipinski definition) is 1. The minimum atomic E-state index is -0.149. The lowest BCUT2D eigenvalue weighted by Crippen LogP contribution is -2.23. The summed E-state index contributed by atoms with van der Waals surface area (Å²) < 4.78 is 6.84. The van der Waals surface area contributed by atoms with E-state index in [2.05, 4.69) is 11.8 Å². The first kappa shape index (κ1) is 23.2. The van der Waals surface area contributed by atoms with Gasteiger partial charge in [-0.15, -0.1) is 11.3 Å². The molecule has 6 heteroatoms. The van der Waals surface area contributed by atoms with Gasteiger partial charge in [0.15, 0.2) is 11.5 Å². The Labute approximate surface area is 212 Å². The number of hydrogen-bond acceptors (Lipinski definition) is 5. The highest BCUT2D eigenvalue weighted by Gasteiger charge is 2.13. The van der Waals surface area contributed by atoms with E-state index in [1.165, 1.54) is 7.11 Å². The number of phenolic OH excluding ortho intramolecular Hbond substituents is 1. The highest BCUT2D eigenvalue weighted by molar-refractivity contribution is 7.10. The number of para-hydroxylation sites is 1. The normalized spacial score (nSPS) is 10.9. The first-order valence-corrected chi connectivity index (χ1v) is 12.1. The summed E-state index contributed by atoms with van der Waals surface area (Å²) in [6.07, 6.45) is 3.63. The van der Waals surface area contributed by atoms with Gasteiger partial charge in [0.1, 0.15) is 5.82 Å². The van der Waals surface area contributed by atoms with Crippen LogP contribution in [0.5, 0.6) is 11.5 Å². The van der Waals surface area contributed by atoms with Crippen molar-refractivity contribution in [2.45, 2.75) is 6.92 Å². The minimum Gasteiger partial charge on any atom is -0.504 e. The van der Waals surface area contributed by atoms with Crippen molar-refractivity contribution in [3.05, 3.63) is 116 Å². The van der Waals surface area contributed by atoms with E-state index in [1.54, 1.807) is 46.2 Å². The maximum Gasteiger partial charge on any atom is 0.266 e. The molecule has 0 spiro atoms. The molecule has 0 bridgehead atoms. The Kier molecular flexibility index (Phi) is 6.40. The molecular formula is C30H22N2O3S. The highest BCUT2D eigenvalue weighted by atomic mass is 32.1. The summed E-state index contributed by atoms with van der Waals surface area (Å²) in [6.45, 7) is 1.96. The van der Waals surface area contributed by atoms with Crippen LogP contribution in [0, 0.1) is 18.8 Å². The summed E-state index contributed by atoms with van der Waals surface area (Å²) >= 11 is 1.60. The Balaban J connectivity index is 1.62. The minimum absolute atomic E-state index is 0.0632. The predicted octanol–water partition coefficient (Wildman–Crippen LogP) is 6.04. The van der Waals surface area contributed by atoms with E-state index in [4.69, 9.17) is 9.72 Å². The highest BCUT2D eigenvalue weighted by Crippen LogP contribution is 2.27. The average molecular weight is 491 g/mol. The number of fused-ring (bicyclic) bond motifs is 1. The standard InChI is InChI=1S/C30H22N2O3S/c1-20-18-21(9-13-23-6-5-17-36-23)10-14-26(20)32-29(31-25-8-4-3-7-24(25)30(32)34)16-12-22-11-15-27(33)28(19-22)35-2/h3-8,10-12,14-19,33H,1-2H3/b16-12+. The van der Waals surface area contributed by atoms with Gasteiger partial charge in [-0.2, -0.15) is 0 Å². The van der Waals surface area contributed by atoms with E-state index < -0.39 is 0 Å². The van der Waals surface area contributed by atoms with Crippen LogP contribution in [0.2, 0.25) is 0 Å². The number of methoxy groups -OCH3 is 1. The van der Waals surface area contributed by atoms with E-state index in [1.807, 2.05) is 66.9 Å². The summed E-state index contributed by atoms with van der Waals surface area (Å²) in [5, 5.41) is 12.4. The van der Waals surface area contributed by atoms with Crippen LogP contribution in [-0.4, -0.2) is 21.8 Å². The maximum atomic E-state index is 13.6. The third-order valence-electron chi connectivity index (χ3n) is 5.72. The lowest BCUT2D eigenvalue weighted by molar-refractivity contribution is 0.373. The fourth-order valence-electron chi connectivity index (χ4n) is 3.93. The third kappa shape index (κ3) is 4.65. The molecule has 176 valence electrons. The molecule has 3 aromatic carbocycles. The molecule has 0 aliphatic heterocycles. The van der Waals surface area contributed by atoms with Gasteiger partial charge in [0.2, 0.25) is 0 Å². The molecule has 0 radical (unpaired) electrons. The molecule has 36 heavy (non-hydrogen) atoms. The van der Waals surface area contributed by atoms with Gasteiger partial charge in [-0.05, 0) is 78.0 Å². The number of ether oxygens (including phenoxy) is 1. The van der Waals surface area contributed by atoms with Crippen molar-refractivity contribution in [1.82, 2.24) is 9.55 Å². The number of phenols is 1. The Morgan fingerprint density at radius 3 is 2.64 bits per heavy atom. The second-order valence-corrected chi connectivity index (χ2v) is 9.07. The van der Waals surface area contributed by atoms with Gasteiger partial charge >= 0.3 is 0 Å². The predicted molar refractivity (Wildman–Crippen MR) is 146 cm³/mol. The van der Waals surface area contributed by atoms with Crippen molar-refractivity contribution >= 4 is 34.4 Å². The first-order chi connectivity index (χ1) is 17.5. The molecule has 0 fully saturated rings. The molecule has 2 heterocycles. The molecule has 0 atom stereocenters. The van der Waals surface area contributed by atoms with Crippen LogP contribution < -0.4 is 10.3 Å². The average Bonchev–Trinajstić information content (AvgIpc) is 3.41. The summed E-state index contributed by atoms with van der Waals surface area (Å²) in [4.78, 5) is 19.4. The fourth-order valence-corrected chi connectivity index (χ4v) is 4.50. The van der Waals surface area contributed by atoms with Crippen molar-refractivity contribution in [2.24, 2.45) is 0 Å². The molecule has 0 saturated carbocycles. The van der Waals surface area contributed by atoms with Crippen molar-refractivity contribution in [3.63, 3.8) is 0 Å². The number of aromatic hydroxyl groups is 1. The molecule has 0 aliphatic carbocycles. The number of thiophene rings is 1. The number of aryl methyl sites for hydroxylation is 1. The molecular weight excluding hydrogens is 468 g/mol. The lowest BCUT2D eigenvalue weighted by atomic mass is 10.1. The Bertz CT molecular complexity index is 1720. The van der Waals surface area contributed by atoms with Gasteiger partial charge in [-0.3, -0.25) is 9.36 Å². The second-order valence-electron chi connectivity index (χ2n) is 8.12. The number of aromatic nitrogens is 2. The van der Waals surface area contributed by atoms with E-state index in [0.717, 1.165) is 27.3 Å². The molecule has 0 saturated heterocycles. The SMILES string of the molecule is COc1cc(/C=C/c2nc3ccccc3c(=O)n2-c2ccc(C#Cc3cccs3)cc2C)ccc1O. The maximum absolute atomic E-state index is 13.6. The van der Waals surface area contributed by atoms with Gasteiger partial charge in [0, 0.05) is 5.56 Å². The molecule has 0 aliphatic rings. The summed E-state index contributed by atoms with van der Waals surface area (Å²) in [5.41, 5.74) is 3.80. The van der Waals surface area contributed by atoms with E-state index in [0.29, 0.717) is 22.5 Å². The quantitative estimate of drug-likeness (QED) is 0.312. The van der Waals surface area contributed by atoms with Crippen molar-refractivity contribution in [2.75, 3.05) is 7.11 Å². The number of rotatable bonds is 4. The smallest absolute Gasteiger partial charge is 0.266 e. The zero-order chi connectivity index (χ0) is 25.1. The van der Waals surface area contributed by atoms with Crippen LogP contribution in [0.1, 0.15) is 27.4 Å². The Hall–Kier alpha value is -4.60. The van der Waals surface area contributed by atoms with Gasteiger partial charge < -0.3 is 9.84 Å². The zero-order valence-electron chi connectivity index (χ0n) is 19.7. The van der Waals surface area contributed by atoms with E-state index in [9.17, 15) is 9.90 Å². The van der Waals surface area contributed by atoms with E-state index >= 15 is 0 Å². The topological polar surface area (TPSA) is 64.3 Å². The van der Waals surface area contributed by atoms with Gasteiger partial charge in [-0.1, -0.05) is 42.2 Å². The first-order valence-electron chi connectivity index (χ1n) is 11.3. The van der Waals surface area contributed by atoms with Crippen LogP contribution in [0.3, 0.4) is 0 Å². The summed E-state index contributed by atoms with van der Waals surface area (Å²) in [6, 6.07) is 22.2. The Morgan fingerprint density at radius 2 is 1.86 bits per heavy atom. The third-order valence-corrected chi connectivity index (χ3v) is 6.50. The van der Waals surface area contributed by atoms with Crippen LogP contribution >= 0.6 is 11.3 Å². The summed E-state index contributed by atoms with van der Waals surface area (Å²) in [5.74, 6) is 7.30. The number of nitrogens with zero attached hydrogens (tertiary/aromatic N) is 2. The Morgan fingerprint density at radius 1 is 1.00 bits per heavy atom. The van der Waals surface area contributed by atoms with Gasteiger partial charge in [-0.25, -0.2) is 4.98 Å². The lowest BCUT2D eigenvalue weighted by Gasteiger charge is -2.14. The zero-order valence-corrected chi connectivity index (χ0v) is 20.5. The van der Waals surface area contributed by atoms with Gasteiger partial charge in [0.05, 0.1) is 28.6 Å². The van der Waals surface area contributed by atoms with Crippen molar-refractivity contribution in [1.29, 1.82) is 0 Å². The molecule has 0 unspecified atom stereocenters. The molecule has 5 aromatic rings. The van der Waals surface area contributed by atoms with Crippen LogP contribution in [0.4, 0.5) is 0 Å². The van der Waals surface area contributed by atoms with Gasteiger partial charge in [0.25, 0.3) is 5.56 Å². The molecule has 0 amide bonds. The molecule has 5 rings (SSSR count). The molecule has 5 nitrogen and oxygen atoms in total. The van der Waals surface area contributed by atoms with Crippen LogP contribution in [0.15, 0.2) is 83.0 Å². The van der Waals surface area contributed by atoms with Crippen molar-refractivity contribution < 1.29 is 9.84 Å². The number of benzene rings is 3. The molecule has 1 N–H and O–H groups in total. The van der Waals surface area contributed by atoms with Crippen LogP contribution in [0.25, 0.3) is 28.7 Å². The fraction of sp³-hybridized carbons (Fsp3) is 0.0667. The second kappa shape index (κ2) is 9.95. The van der Waals surface area contributed by atoms with Crippen LogP contribution in [-0.2, 0) is 0 Å².